The first-order valence-corrected chi connectivity index (χ1v) is 12.8. The zero-order valence-corrected chi connectivity index (χ0v) is 21.3. The van der Waals surface area contributed by atoms with Gasteiger partial charge in [0.05, 0.1) is 11.6 Å². The van der Waals surface area contributed by atoms with Gasteiger partial charge in [0.25, 0.3) is 0 Å². The number of carbonyl (C=O) groups is 2. The fourth-order valence-corrected chi connectivity index (χ4v) is 6.06. The van der Waals surface area contributed by atoms with Crippen molar-refractivity contribution in [3.63, 3.8) is 0 Å². The molecule has 36 heavy (non-hydrogen) atoms. The predicted octanol–water partition coefficient (Wildman–Crippen LogP) is 3.06. The molecular formula is C29H36N4O3. The number of nitrogens with two attached hydrogens (primary N) is 1. The molecule has 1 aliphatic carbocycles. The number of benzene rings is 2. The van der Waals surface area contributed by atoms with E-state index in [4.69, 9.17) is 10.5 Å². The molecule has 2 aromatic carbocycles. The number of carbonyl (C=O) groups excluding carboxylic acids is 2. The first kappa shape index (κ1) is 24.5. The van der Waals surface area contributed by atoms with Crippen molar-refractivity contribution in [3.8, 4) is 0 Å². The molecule has 4 N–H and O–H groups in total. The molecule has 5 rings (SSSR count). The summed E-state index contributed by atoms with van der Waals surface area (Å²) < 4.78 is 5.95. The van der Waals surface area contributed by atoms with Gasteiger partial charge in [-0.25, -0.2) is 0 Å². The molecule has 7 heteroatoms. The molecule has 0 radical (unpaired) electrons. The molecule has 2 amide bonds. The van der Waals surface area contributed by atoms with Crippen molar-refractivity contribution in [1.29, 1.82) is 0 Å². The number of rotatable bonds is 6. The highest BCUT2D eigenvalue weighted by Crippen LogP contribution is 2.47. The lowest BCUT2D eigenvalue weighted by molar-refractivity contribution is -0.139. The molecule has 1 spiro atoms. The van der Waals surface area contributed by atoms with Crippen LogP contribution in [-0.2, 0) is 32.6 Å². The Kier molecular flexibility index (Phi) is 6.39. The molecule has 1 fully saturated rings. The van der Waals surface area contributed by atoms with Gasteiger partial charge in [0, 0.05) is 49.1 Å². The van der Waals surface area contributed by atoms with Crippen molar-refractivity contribution in [3.05, 3.63) is 71.4 Å². The number of nitrogens with zero attached hydrogens (tertiary/aromatic N) is 1. The minimum atomic E-state index is -1.08. The molecule has 3 aromatic rings. The number of aromatic amines is 1. The molecule has 0 saturated carbocycles. The largest absolute Gasteiger partial charge is 0.380 e. The van der Waals surface area contributed by atoms with Crippen LogP contribution >= 0.6 is 0 Å². The Balaban J connectivity index is 1.37. The van der Waals surface area contributed by atoms with Gasteiger partial charge in [-0.15, -0.1) is 0 Å². The highest BCUT2D eigenvalue weighted by atomic mass is 16.5. The van der Waals surface area contributed by atoms with E-state index in [1.165, 1.54) is 11.1 Å². The van der Waals surface area contributed by atoms with E-state index in [2.05, 4.69) is 34.6 Å². The summed E-state index contributed by atoms with van der Waals surface area (Å²) in [5.74, 6) is -0.397. The standard InChI is InChI=1S/C29H36N4O3/c1-28(2,30)27(35)32-24(16-20-18-31-23-11-7-5-9-21(20)23)26(34)33-14-12-29(13-15-33)22-10-6-4-8-19(22)17-25(29)36-3/h4-11,18,24-25,31H,12-17,30H2,1-3H3,(H,32,35)/t24?,25-/m1/s1. The number of amides is 2. The minimum absolute atomic E-state index is 0.0621. The lowest BCUT2D eigenvalue weighted by Gasteiger charge is -2.44. The second-order valence-corrected chi connectivity index (χ2v) is 10.9. The number of aromatic nitrogens is 1. The monoisotopic (exact) mass is 488 g/mol. The maximum Gasteiger partial charge on any atom is 0.245 e. The Hall–Kier alpha value is -3.16. The molecule has 2 aliphatic rings. The van der Waals surface area contributed by atoms with Gasteiger partial charge < -0.3 is 25.7 Å². The van der Waals surface area contributed by atoms with Crippen LogP contribution in [0, 0.1) is 0 Å². The van der Waals surface area contributed by atoms with Crippen LogP contribution in [-0.4, -0.2) is 59.6 Å². The third-order valence-corrected chi connectivity index (χ3v) is 8.11. The number of para-hydroxylation sites is 1. The topological polar surface area (TPSA) is 100 Å². The average Bonchev–Trinajstić information content (AvgIpc) is 3.42. The van der Waals surface area contributed by atoms with E-state index in [-0.39, 0.29) is 23.3 Å². The maximum atomic E-state index is 13.9. The van der Waals surface area contributed by atoms with Crippen molar-refractivity contribution in [2.75, 3.05) is 20.2 Å². The number of hydrogen-bond acceptors (Lipinski definition) is 4. The average molecular weight is 489 g/mol. The summed E-state index contributed by atoms with van der Waals surface area (Å²) in [6.45, 7) is 4.56. The van der Waals surface area contributed by atoms with Crippen molar-refractivity contribution in [2.45, 2.75) is 62.6 Å². The third-order valence-electron chi connectivity index (χ3n) is 8.11. The first-order chi connectivity index (χ1) is 17.2. The SMILES string of the molecule is CO[C@@H]1Cc2ccccc2C12CCN(C(=O)C(Cc1c[nH]c3ccccc13)NC(=O)C(C)(C)N)CC2. The quantitative estimate of drug-likeness (QED) is 0.496. The molecule has 1 aromatic heterocycles. The van der Waals surface area contributed by atoms with Gasteiger partial charge in [-0.1, -0.05) is 42.5 Å². The van der Waals surface area contributed by atoms with Crippen molar-refractivity contribution in [2.24, 2.45) is 5.73 Å². The Morgan fingerprint density at radius 3 is 2.58 bits per heavy atom. The molecule has 1 unspecified atom stereocenters. The van der Waals surface area contributed by atoms with Crippen molar-refractivity contribution < 1.29 is 14.3 Å². The van der Waals surface area contributed by atoms with E-state index < -0.39 is 11.6 Å². The van der Waals surface area contributed by atoms with E-state index >= 15 is 0 Å². The maximum absolute atomic E-state index is 13.9. The van der Waals surface area contributed by atoms with Crippen LogP contribution in [0.15, 0.2) is 54.7 Å². The molecular weight excluding hydrogens is 452 g/mol. The predicted molar refractivity (Wildman–Crippen MR) is 141 cm³/mol. The first-order valence-electron chi connectivity index (χ1n) is 12.8. The van der Waals surface area contributed by atoms with E-state index in [9.17, 15) is 9.59 Å². The summed E-state index contributed by atoms with van der Waals surface area (Å²) in [6, 6.07) is 15.9. The fourth-order valence-electron chi connectivity index (χ4n) is 6.06. The van der Waals surface area contributed by atoms with Crippen LogP contribution in [0.25, 0.3) is 10.9 Å². The zero-order chi connectivity index (χ0) is 25.5. The fraction of sp³-hybridized carbons (Fsp3) is 0.448. The minimum Gasteiger partial charge on any atom is -0.380 e. The Morgan fingerprint density at radius 1 is 1.17 bits per heavy atom. The Bertz CT molecular complexity index is 1270. The Labute approximate surface area is 212 Å². The number of fused-ring (bicyclic) bond motifs is 3. The number of ether oxygens (including phenoxy) is 1. The van der Waals surface area contributed by atoms with E-state index in [0.717, 1.165) is 35.7 Å². The van der Waals surface area contributed by atoms with Crippen LogP contribution in [0.2, 0.25) is 0 Å². The summed E-state index contributed by atoms with van der Waals surface area (Å²) in [5, 5.41) is 4.02. The molecule has 1 aliphatic heterocycles. The number of piperidine rings is 1. The lowest BCUT2D eigenvalue weighted by Crippen LogP contribution is -2.59. The van der Waals surface area contributed by atoms with Crippen LogP contribution in [0.1, 0.15) is 43.4 Å². The van der Waals surface area contributed by atoms with Gasteiger partial charge in [-0.2, -0.15) is 0 Å². The number of likely N-dealkylation sites (tertiary alicyclic amines) is 1. The second kappa shape index (κ2) is 9.37. The van der Waals surface area contributed by atoms with Gasteiger partial charge in [0.15, 0.2) is 0 Å². The van der Waals surface area contributed by atoms with Gasteiger partial charge in [0.1, 0.15) is 6.04 Å². The normalized spacial score (nSPS) is 19.9. The van der Waals surface area contributed by atoms with E-state index in [0.29, 0.717) is 19.5 Å². The van der Waals surface area contributed by atoms with Crippen molar-refractivity contribution >= 4 is 22.7 Å². The lowest BCUT2D eigenvalue weighted by atomic mass is 9.72. The van der Waals surface area contributed by atoms with Gasteiger partial charge in [-0.05, 0) is 55.9 Å². The number of hydrogen-bond donors (Lipinski definition) is 3. The highest BCUT2D eigenvalue weighted by Gasteiger charge is 2.49. The zero-order valence-electron chi connectivity index (χ0n) is 21.3. The van der Waals surface area contributed by atoms with Gasteiger partial charge >= 0.3 is 0 Å². The van der Waals surface area contributed by atoms with E-state index in [1.807, 2.05) is 35.4 Å². The highest BCUT2D eigenvalue weighted by molar-refractivity contribution is 5.92. The summed E-state index contributed by atoms with van der Waals surface area (Å²) in [5.41, 5.74) is 9.63. The molecule has 2 heterocycles. The molecule has 1 saturated heterocycles. The smallest absolute Gasteiger partial charge is 0.245 e. The molecule has 7 nitrogen and oxygen atoms in total. The summed E-state index contributed by atoms with van der Waals surface area (Å²) >= 11 is 0. The van der Waals surface area contributed by atoms with Crippen LogP contribution < -0.4 is 11.1 Å². The summed E-state index contributed by atoms with van der Waals surface area (Å²) in [4.78, 5) is 31.9. The Morgan fingerprint density at radius 2 is 1.86 bits per heavy atom. The van der Waals surface area contributed by atoms with Crippen molar-refractivity contribution in [1.82, 2.24) is 15.2 Å². The number of H-pyrrole nitrogens is 1. The second-order valence-electron chi connectivity index (χ2n) is 10.9. The molecule has 2 atom stereocenters. The molecule has 190 valence electrons. The molecule has 0 bridgehead atoms. The summed E-state index contributed by atoms with van der Waals surface area (Å²) in [7, 11) is 1.79. The van der Waals surface area contributed by atoms with Crippen LogP contribution in [0.5, 0.6) is 0 Å². The van der Waals surface area contributed by atoms with Crippen LogP contribution in [0.4, 0.5) is 0 Å². The number of nitrogens with one attached hydrogen (secondary N) is 2. The number of methoxy groups -OCH3 is 1. The van der Waals surface area contributed by atoms with Crippen LogP contribution in [0.3, 0.4) is 0 Å². The van der Waals surface area contributed by atoms with Gasteiger partial charge in [0.2, 0.25) is 11.8 Å². The third kappa shape index (κ3) is 4.31. The summed E-state index contributed by atoms with van der Waals surface area (Å²) in [6.07, 6.45) is 5.02. The van der Waals surface area contributed by atoms with Gasteiger partial charge in [-0.3, -0.25) is 9.59 Å². The van der Waals surface area contributed by atoms with E-state index in [1.54, 1.807) is 21.0 Å².